The summed E-state index contributed by atoms with van der Waals surface area (Å²) in [5, 5.41) is 20.0. The van der Waals surface area contributed by atoms with E-state index in [1.807, 2.05) is 34.9 Å². The second-order valence-corrected chi connectivity index (χ2v) is 7.64. The Hall–Kier alpha value is -2.43. The van der Waals surface area contributed by atoms with Gasteiger partial charge in [0.1, 0.15) is 6.33 Å². The molecule has 2 heterocycles. The first-order valence-corrected chi connectivity index (χ1v) is 10.1. The van der Waals surface area contributed by atoms with Crippen LogP contribution >= 0.6 is 24.0 Å². The van der Waals surface area contributed by atoms with E-state index >= 15 is 0 Å². The number of hydrogen-bond donors (Lipinski definition) is 2. The van der Waals surface area contributed by atoms with Gasteiger partial charge >= 0.3 is 0 Å². The Morgan fingerprint density at radius 3 is 2.80 bits per heavy atom. The van der Waals surface area contributed by atoms with Crippen molar-refractivity contribution < 1.29 is 0 Å². The van der Waals surface area contributed by atoms with Gasteiger partial charge in [0.15, 0.2) is 11.8 Å². The smallest absolute Gasteiger partial charge is 0.191 e. The molecule has 3 aromatic rings. The molecule has 0 bridgehead atoms. The third-order valence-electron chi connectivity index (χ3n) is 5.26. The number of rotatable bonds is 5. The fourth-order valence-corrected chi connectivity index (χ4v) is 3.63. The molecule has 4 rings (SSSR count). The van der Waals surface area contributed by atoms with Crippen LogP contribution in [0.1, 0.15) is 43.4 Å². The zero-order valence-corrected chi connectivity index (χ0v) is 19.9. The summed E-state index contributed by atoms with van der Waals surface area (Å²) in [6, 6.07) is 10.8. The summed E-state index contributed by atoms with van der Waals surface area (Å²) in [7, 11) is 1.79. The molecule has 0 saturated heterocycles. The molecule has 1 unspecified atom stereocenters. The summed E-state index contributed by atoms with van der Waals surface area (Å²) in [5.74, 6) is 1.60. The quantitative estimate of drug-likeness (QED) is 0.307. The first kappa shape index (κ1) is 22.3. The van der Waals surface area contributed by atoms with Crippen molar-refractivity contribution in [2.24, 2.45) is 4.99 Å². The van der Waals surface area contributed by atoms with Crippen molar-refractivity contribution in [3.8, 4) is 5.69 Å². The Morgan fingerprint density at radius 2 is 2.07 bits per heavy atom. The number of hydrogen-bond acceptors (Lipinski definition) is 4. The summed E-state index contributed by atoms with van der Waals surface area (Å²) < 4.78 is 4.04. The molecule has 160 valence electrons. The molecular formula is C21H29IN8. The minimum absolute atomic E-state index is 0. The van der Waals surface area contributed by atoms with Gasteiger partial charge in [0.25, 0.3) is 0 Å². The maximum atomic E-state index is 4.76. The van der Waals surface area contributed by atoms with Crippen LogP contribution in [0.4, 0.5) is 0 Å². The van der Waals surface area contributed by atoms with Gasteiger partial charge < -0.3 is 10.6 Å². The second kappa shape index (κ2) is 10.1. The van der Waals surface area contributed by atoms with E-state index in [1.54, 1.807) is 13.4 Å². The highest BCUT2D eigenvalue weighted by molar-refractivity contribution is 14.0. The molecule has 1 aromatic carbocycles. The highest BCUT2D eigenvalue weighted by Crippen LogP contribution is 2.21. The first-order chi connectivity index (χ1) is 14.1. The average molecular weight is 520 g/mol. The first-order valence-electron chi connectivity index (χ1n) is 10.1. The Kier molecular flexibility index (Phi) is 7.46. The number of benzene rings is 1. The summed E-state index contributed by atoms with van der Waals surface area (Å²) in [5.41, 5.74) is 3.61. The normalized spacial score (nSPS) is 16.1. The second-order valence-electron chi connectivity index (χ2n) is 7.64. The molecule has 0 spiro atoms. The van der Waals surface area contributed by atoms with Crippen LogP contribution in [0.2, 0.25) is 0 Å². The zero-order valence-electron chi connectivity index (χ0n) is 17.6. The summed E-state index contributed by atoms with van der Waals surface area (Å²) >= 11 is 0. The van der Waals surface area contributed by atoms with Crippen LogP contribution < -0.4 is 10.6 Å². The van der Waals surface area contributed by atoms with Gasteiger partial charge in [-0.25, -0.2) is 0 Å². The van der Waals surface area contributed by atoms with E-state index < -0.39 is 0 Å². The highest BCUT2D eigenvalue weighted by Gasteiger charge is 2.23. The van der Waals surface area contributed by atoms with Crippen LogP contribution in [-0.2, 0) is 19.4 Å². The van der Waals surface area contributed by atoms with Crippen molar-refractivity contribution in [3.63, 3.8) is 0 Å². The lowest BCUT2D eigenvalue weighted by atomic mass is 9.94. The number of halogens is 1. The standard InChI is InChI=1S/C21H28N8.HI/c1-15(2)29-13-16-9-10-17(11-19(16)27-29)25-21(22-3)23-12-20-26-24-14-28(20)18-7-5-4-6-8-18;/h4-8,13-15,17H,9-12H2,1-3H3,(H2,22,23,25);1H. The number of aliphatic imine (C=N–C) groups is 1. The Balaban J connectivity index is 0.00000256. The monoisotopic (exact) mass is 520 g/mol. The van der Waals surface area contributed by atoms with E-state index in [2.05, 4.69) is 50.5 Å². The predicted molar refractivity (Wildman–Crippen MR) is 129 cm³/mol. The fourth-order valence-electron chi connectivity index (χ4n) is 3.63. The molecule has 30 heavy (non-hydrogen) atoms. The van der Waals surface area contributed by atoms with Gasteiger partial charge in [-0.05, 0) is 44.4 Å². The number of fused-ring (bicyclic) bond motifs is 1. The van der Waals surface area contributed by atoms with E-state index in [9.17, 15) is 0 Å². The molecule has 1 atom stereocenters. The summed E-state index contributed by atoms with van der Waals surface area (Å²) in [6.07, 6.45) is 6.95. The lowest BCUT2D eigenvalue weighted by molar-refractivity contribution is 0.499. The van der Waals surface area contributed by atoms with Gasteiger partial charge in [0, 0.05) is 37.4 Å². The molecule has 0 amide bonds. The molecule has 1 aliphatic rings. The number of guanidine groups is 1. The zero-order chi connectivity index (χ0) is 20.2. The number of nitrogens with zero attached hydrogens (tertiary/aromatic N) is 6. The van der Waals surface area contributed by atoms with Crippen molar-refractivity contribution in [1.82, 2.24) is 35.2 Å². The van der Waals surface area contributed by atoms with Crippen molar-refractivity contribution in [2.75, 3.05) is 7.05 Å². The Labute approximate surface area is 194 Å². The largest absolute Gasteiger partial charge is 0.353 e. The van der Waals surface area contributed by atoms with Crippen LogP contribution in [0, 0.1) is 0 Å². The van der Waals surface area contributed by atoms with Gasteiger partial charge in [0.2, 0.25) is 0 Å². The van der Waals surface area contributed by atoms with E-state index in [1.165, 1.54) is 11.3 Å². The lowest BCUT2D eigenvalue weighted by Crippen LogP contribution is -2.45. The van der Waals surface area contributed by atoms with Crippen LogP contribution in [0.15, 0.2) is 47.8 Å². The number of aromatic nitrogens is 5. The van der Waals surface area contributed by atoms with Gasteiger partial charge in [-0.1, -0.05) is 18.2 Å². The van der Waals surface area contributed by atoms with Crippen LogP contribution in [0.25, 0.3) is 5.69 Å². The van der Waals surface area contributed by atoms with Crippen molar-refractivity contribution in [2.45, 2.75) is 51.7 Å². The molecule has 0 saturated carbocycles. The Bertz CT molecular complexity index is 976. The van der Waals surface area contributed by atoms with Crippen molar-refractivity contribution in [3.05, 3.63) is 59.9 Å². The number of para-hydroxylation sites is 1. The maximum Gasteiger partial charge on any atom is 0.191 e. The maximum absolute atomic E-state index is 4.76. The fraction of sp³-hybridized carbons (Fsp3) is 0.429. The van der Waals surface area contributed by atoms with Gasteiger partial charge in [-0.3, -0.25) is 14.2 Å². The van der Waals surface area contributed by atoms with E-state index in [0.29, 0.717) is 18.6 Å². The van der Waals surface area contributed by atoms with Gasteiger partial charge in [-0.2, -0.15) is 5.10 Å². The molecule has 2 N–H and O–H groups in total. The minimum Gasteiger partial charge on any atom is -0.353 e. The Morgan fingerprint density at radius 1 is 1.27 bits per heavy atom. The minimum atomic E-state index is 0. The average Bonchev–Trinajstić information content (AvgIpc) is 3.38. The molecule has 0 radical (unpaired) electrons. The van der Waals surface area contributed by atoms with Crippen LogP contribution in [0.5, 0.6) is 0 Å². The number of nitrogens with one attached hydrogen (secondary N) is 2. The van der Waals surface area contributed by atoms with E-state index in [4.69, 9.17) is 5.10 Å². The van der Waals surface area contributed by atoms with Crippen LogP contribution in [-0.4, -0.2) is 43.6 Å². The van der Waals surface area contributed by atoms with Gasteiger partial charge in [-0.15, -0.1) is 34.2 Å². The SMILES string of the molecule is CN=C(NCc1nncn1-c1ccccc1)NC1CCc2cn(C(C)C)nc2C1.I. The molecule has 0 aliphatic heterocycles. The molecule has 1 aliphatic carbocycles. The highest BCUT2D eigenvalue weighted by atomic mass is 127. The van der Waals surface area contributed by atoms with E-state index in [0.717, 1.165) is 36.7 Å². The number of aryl methyl sites for hydroxylation is 1. The molecular weight excluding hydrogens is 491 g/mol. The molecule has 2 aromatic heterocycles. The topological polar surface area (TPSA) is 85.0 Å². The molecule has 0 fully saturated rings. The van der Waals surface area contributed by atoms with Gasteiger partial charge in [0.05, 0.1) is 12.2 Å². The van der Waals surface area contributed by atoms with Crippen molar-refractivity contribution in [1.29, 1.82) is 0 Å². The predicted octanol–water partition coefficient (Wildman–Crippen LogP) is 2.89. The third-order valence-corrected chi connectivity index (χ3v) is 5.26. The summed E-state index contributed by atoms with van der Waals surface area (Å²) in [6.45, 7) is 4.86. The third kappa shape index (κ3) is 5.00. The summed E-state index contributed by atoms with van der Waals surface area (Å²) in [4.78, 5) is 4.38. The van der Waals surface area contributed by atoms with Crippen LogP contribution in [0.3, 0.4) is 0 Å². The van der Waals surface area contributed by atoms with E-state index in [-0.39, 0.29) is 24.0 Å². The molecule has 8 nitrogen and oxygen atoms in total. The molecule has 9 heteroatoms. The van der Waals surface area contributed by atoms with Crippen molar-refractivity contribution >= 4 is 29.9 Å². The lowest BCUT2D eigenvalue weighted by Gasteiger charge is -2.24.